The van der Waals surface area contributed by atoms with Crippen molar-refractivity contribution < 1.29 is 14.4 Å². The quantitative estimate of drug-likeness (QED) is 0.816. The van der Waals surface area contributed by atoms with Gasteiger partial charge in [0.25, 0.3) is 0 Å². The molecule has 5 heteroatoms. The number of amides is 2. The first-order valence-electron chi connectivity index (χ1n) is 7.03. The Bertz CT molecular complexity index is 540. The van der Waals surface area contributed by atoms with Gasteiger partial charge in [-0.3, -0.25) is 14.4 Å². The van der Waals surface area contributed by atoms with Gasteiger partial charge in [-0.15, -0.1) is 0 Å². The Labute approximate surface area is 125 Å². The molecular weight excluding hydrogens is 268 g/mol. The summed E-state index contributed by atoms with van der Waals surface area (Å²) in [6.45, 7) is 6.70. The van der Waals surface area contributed by atoms with Crippen molar-refractivity contribution in [1.29, 1.82) is 0 Å². The number of ketones is 1. The molecule has 1 N–H and O–H groups in total. The number of carbonyl (C=O) groups is 3. The van der Waals surface area contributed by atoms with E-state index >= 15 is 0 Å². The number of nitrogens with one attached hydrogen (secondary N) is 1. The number of carbonyl (C=O) groups excluding carboxylic acids is 3. The lowest BCUT2D eigenvalue weighted by Gasteiger charge is -2.22. The zero-order valence-electron chi connectivity index (χ0n) is 13.0. The molecule has 0 fully saturated rings. The van der Waals surface area contributed by atoms with Crippen molar-refractivity contribution in [2.24, 2.45) is 0 Å². The van der Waals surface area contributed by atoms with Gasteiger partial charge in [0.1, 0.15) is 6.54 Å². The summed E-state index contributed by atoms with van der Waals surface area (Å²) >= 11 is 0. The number of hydrogen-bond acceptors (Lipinski definition) is 3. The summed E-state index contributed by atoms with van der Waals surface area (Å²) in [5, 5.41) is 2.82. The van der Waals surface area contributed by atoms with Gasteiger partial charge in [0.05, 0.1) is 0 Å². The first-order valence-corrected chi connectivity index (χ1v) is 7.03. The highest BCUT2D eigenvalue weighted by Crippen LogP contribution is 2.17. The Morgan fingerprint density at radius 1 is 1.24 bits per heavy atom. The van der Waals surface area contributed by atoms with Gasteiger partial charge in [0.15, 0.2) is 5.78 Å². The topological polar surface area (TPSA) is 66.5 Å². The Balaban J connectivity index is 2.92. The summed E-state index contributed by atoms with van der Waals surface area (Å²) < 4.78 is 0. The summed E-state index contributed by atoms with van der Waals surface area (Å²) in [6, 6.07) is 6.79. The molecule has 0 radical (unpaired) electrons. The van der Waals surface area contributed by atoms with Crippen molar-refractivity contribution in [3.8, 4) is 0 Å². The number of Topliss-reactive ketones (excluding diaryl/α,β-unsaturated/α-hetero) is 1. The predicted molar refractivity (Wildman–Crippen MR) is 82.4 cm³/mol. The monoisotopic (exact) mass is 290 g/mol. The van der Waals surface area contributed by atoms with Crippen LogP contribution in [0.4, 0.5) is 5.69 Å². The predicted octanol–water partition coefficient (Wildman–Crippen LogP) is 2.16. The maximum absolute atomic E-state index is 11.9. The lowest BCUT2D eigenvalue weighted by atomic mass is 10.1. The highest BCUT2D eigenvalue weighted by Gasteiger charge is 2.17. The van der Waals surface area contributed by atoms with Crippen LogP contribution >= 0.6 is 0 Å². The standard InChI is InChI=1S/C16H22N2O3/c1-5-11(2)17-16(21)10-18(13(4)20)15-8-6-7-14(9-15)12(3)19/h6-9,11H,5,10H2,1-4H3,(H,17,21). The Hall–Kier alpha value is -2.17. The highest BCUT2D eigenvalue weighted by molar-refractivity contribution is 6.00. The van der Waals surface area contributed by atoms with Crippen LogP contribution in [0.25, 0.3) is 0 Å². The van der Waals surface area contributed by atoms with E-state index in [9.17, 15) is 14.4 Å². The van der Waals surface area contributed by atoms with Crippen molar-refractivity contribution in [2.75, 3.05) is 11.4 Å². The Morgan fingerprint density at radius 2 is 1.90 bits per heavy atom. The maximum Gasteiger partial charge on any atom is 0.240 e. The Kier molecular flexibility index (Phi) is 6.09. The molecule has 1 unspecified atom stereocenters. The second-order valence-electron chi connectivity index (χ2n) is 5.09. The molecule has 0 aromatic heterocycles. The van der Waals surface area contributed by atoms with Crippen LogP contribution in [0.1, 0.15) is 44.5 Å². The molecule has 1 aromatic rings. The van der Waals surface area contributed by atoms with Crippen molar-refractivity contribution >= 4 is 23.3 Å². The highest BCUT2D eigenvalue weighted by atomic mass is 16.2. The molecule has 0 aliphatic rings. The third-order valence-corrected chi connectivity index (χ3v) is 3.27. The van der Waals surface area contributed by atoms with E-state index in [-0.39, 0.29) is 30.2 Å². The van der Waals surface area contributed by atoms with Crippen molar-refractivity contribution in [3.63, 3.8) is 0 Å². The molecule has 1 atom stereocenters. The number of benzene rings is 1. The van der Waals surface area contributed by atoms with Crippen LogP contribution < -0.4 is 10.2 Å². The number of hydrogen-bond donors (Lipinski definition) is 1. The van der Waals surface area contributed by atoms with Crippen LogP contribution in [0.5, 0.6) is 0 Å². The number of anilines is 1. The minimum Gasteiger partial charge on any atom is -0.352 e. The third kappa shape index (κ3) is 5.02. The molecule has 0 saturated carbocycles. The second-order valence-corrected chi connectivity index (χ2v) is 5.09. The van der Waals surface area contributed by atoms with Crippen molar-refractivity contribution in [1.82, 2.24) is 5.32 Å². The number of nitrogens with zero attached hydrogens (tertiary/aromatic N) is 1. The van der Waals surface area contributed by atoms with Crippen LogP contribution in [-0.4, -0.2) is 30.2 Å². The van der Waals surface area contributed by atoms with E-state index in [1.165, 1.54) is 18.7 Å². The molecule has 21 heavy (non-hydrogen) atoms. The van der Waals surface area contributed by atoms with E-state index in [4.69, 9.17) is 0 Å². The summed E-state index contributed by atoms with van der Waals surface area (Å²) in [7, 11) is 0. The zero-order valence-corrected chi connectivity index (χ0v) is 13.0. The molecule has 5 nitrogen and oxygen atoms in total. The van der Waals surface area contributed by atoms with Crippen LogP contribution in [0, 0.1) is 0 Å². The lowest BCUT2D eigenvalue weighted by Crippen LogP contribution is -2.42. The molecule has 0 aliphatic heterocycles. The SMILES string of the molecule is CCC(C)NC(=O)CN(C(C)=O)c1cccc(C(C)=O)c1. The van der Waals surface area contributed by atoms with Crippen molar-refractivity contribution in [3.05, 3.63) is 29.8 Å². The van der Waals surface area contributed by atoms with Crippen LogP contribution in [-0.2, 0) is 9.59 Å². The van der Waals surface area contributed by atoms with Gasteiger partial charge in [-0.2, -0.15) is 0 Å². The summed E-state index contributed by atoms with van der Waals surface area (Å²) in [5.74, 6) is -0.535. The van der Waals surface area contributed by atoms with E-state index in [1.54, 1.807) is 24.3 Å². The summed E-state index contributed by atoms with van der Waals surface area (Å²) in [5.41, 5.74) is 1.07. The van der Waals surface area contributed by atoms with Gasteiger partial charge in [0.2, 0.25) is 11.8 Å². The fraction of sp³-hybridized carbons (Fsp3) is 0.438. The molecule has 0 aliphatic carbocycles. The molecule has 2 amide bonds. The van der Waals surface area contributed by atoms with E-state index in [2.05, 4.69) is 5.32 Å². The van der Waals surface area contributed by atoms with E-state index in [0.717, 1.165) is 6.42 Å². The average molecular weight is 290 g/mol. The zero-order chi connectivity index (χ0) is 16.0. The summed E-state index contributed by atoms with van der Waals surface area (Å²) in [6.07, 6.45) is 0.825. The molecule has 114 valence electrons. The lowest BCUT2D eigenvalue weighted by molar-refractivity contribution is -0.123. The molecule has 0 bridgehead atoms. The average Bonchev–Trinajstić information content (AvgIpc) is 2.44. The third-order valence-electron chi connectivity index (χ3n) is 3.27. The normalized spacial score (nSPS) is 11.6. The molecule has 0 saturated heterocycles. The van der Waals surface area contributed by atoms with Gasteiger partial charge in [0, 0.05) is 24.2 Å². The van der Waals surface area contributed by atoms with Gasteiger partial charge < -0.3 is 10.2 Å². The number of rotatable bonds is 6. The van der Waals surface area contributed by atoms with E-state index in [0.29, 0.717) is 11.3 Å². The van der Waals surface area contributed by atoms with Crippen LogP contribution in [0.2, 0.25) is 0 Å². The molecule has 0 spiro atoms. The fourth-order valence-corrected chi connectivity index (χ4v) is 1.84. The second kappa shape index (κ2) is 7.57. The van der Waals surface area contributed by atoms with Gasteiger partial charge >= 0.3 is 0 Å². The molecule has 1 aromatic carbocycles. The van der Waals surface area contributed by atoms with Crippen LogP contribution in [0.15, 0.2) is 24.3 Å². The fourth-order valence-electron chi connectivity index (χ4n) is 1.84. The largest absolute Gasteiger partial charge is 0.352 e. The summed E-state index contributed by atoms with van der Waals surface area (Å²) in [4.78, 5) is 36.5. The van der Waals surface area contributed by atoms with Gasteiger partial charge in [-0.25, -0.2) is 0 Å². The van der Waals surface area contributed by atoms with Gasteiger partial charge in [-0.1, -0.05) is 19.1 Å². The van der Waals surface area contributed by atoms with E-state index in [1.807, 2.05) is 13.8 Å². The molecular formula is C16H22N2O3. The van der Waals surface area contributed by atoms with Crippen LogP contribution in [0.3, 0.4) is 0 Å². The van der Waals surface area contributed by atoms with Gasteiger partial charge in [-0.05, 0) is 32.4 Å². The smallest absolute Gasteiger partial charge is 0.240 e. The molecule has 1 rings (SSSR count). The first-order chi connectivity index (χ1) is 9.85. The van der Waals surface area contributed by atoms with E-state index < -0.39 is 0 Å². The Morgan fingerprint density at radius 3 is 2.43 bits per heavy atom. The van der Waals surface area contributed by atoms with Crippen molar-refractivity contribution in [2.45, 2.75) is 40.2 Å². The minimum absolute atomic E-state index is 0.0545. The minimum atomic E-state index is -0.241. The molecule has 0 heterocycles. The first kappa shape index (κ1) is 16.9. The maximum atomic E-state index is 11.9.